The average Bonchev–Trinajstić information content (AvgIpc) is 3.55. The number of aromatic nitrogens is 2. The molecule has 1 aliphatic heterocycles. The van der Waals surface area contributed by atoms with Gasteiger partial charge in [0.25, 0.3) is 5.91 Å². The van der Waals surface area contributed by atoms with E-state index in [9.17, 15) is 4.79 Å². The first-order chi connectivity index (χ1) is 16.6. The molecule has 34 heavy (non-hydrogen) atoms. The average molecular weight is 477 g/mol. The van der Waals surface area contributed by atoms with Gasteiger partial charge in [-0.2, -0.15) is 5.10 Å². The van der Waals surface area contributed by atoms with Crippen LogP contribution in [0.2, 0.25) is 5.02 Å². The van der Waals surface area contributed by atoms with Crippen LogP contribution in [0.15, 0.2) is 77.4 Å². The zero-order chi connectivity index (χ0) is 23.5. The summed E-state index contributed by atoms with van der Waals surface area (Å²) < 4.78 is 13.0. The fraction of sp³-hybridized carbons (Fsp3) is 0.231. The summed E-state index contributed by atoms with van der Waals surface area (Å²) in [6.45, 7) is 5.21. The van der Waals surface area contributed by atoms with Crippen molar-refractivity contribution in [2.45, 2.75) is 6.92 Å². The fourth-order valence-electron chi connectivity index (χ4n) is 4.19. The van der Waals surface area contributed by atoms with Gasteiger partial charge in [-0.1, -0.05) is 29.8 Å². The molecule has 4 aromatic rings. The highest BCUT2D eigenvalue weighted by molar-refractivity contribution is 6.30. The number of ether oxygens (including phenoxy) is 1. The van der Waals surface area contributed by atoms with Crippen LogP contribution in [0, 0.1) is 0 Å². The SMILES string of the molecule is CCOc1ccccc1N1CCN(C(=O)c2cc(-c3ccco3)nn2-c2cccc(Cl)c2)CC1. The number of hydrogen-bond donors (Lipinski definition) is 0. The first-order valence-corrected chi connectivity index (χ1v) is 11.7. The van der Waals surface area contributed by atoms with E-state index in [2.05, 4.69) is 16.1 Å². The van der Waals surface area contributed by atoms with Crippen molar-refractivity contribution < 1.29 is 13.9 Å². The molecule has 8 heteroatoms. The predicted molar refractivity (Wildman–Crippen MR) is 132 cm³/mol. The number of carbonyl (C=O) groups excluding carboxylic acids is 1. The Balaban J connectivity index is 1.40. The second kappa shape index (κ2) is 9.65. The number of para-hydroxylation sites is 2. The van der Waals surface area contributed by atoms with Gasteiger partial charge in [0.05, 0.1) is 24.2 Å². The molecule has 0 N–H and O–H groups in total. The molecule has 0 bridgehead atoms. The van der Waals surface area contributed by atoms with Crippen molar-refractivity contribution in [3.05, 3.63) is 83.7 Å². The van der Waals surface area contributed by atoms with Crippen molar-refractivity contribution in [1.82, 2.24) is 14.7 Å². The van der Waals surface area contributed by atoms with E-state index in [0.717, 1.165) is 17.1 Å². The lowest BCUT2D eigenvalue weighted by atomic mass is 10.2. The third kappa shape index (κ3) is 4.39. The normalized spacial score (nSPS) is 13.8. The molecule has 0 saturated carbocycles. The van der Waals surface area contributed by atoms with E-state index in [1.807, 2.05) is 48.2 Å². The standard InChI is InChI=1S/C26H25ClN4O3/c1-2-33-25-10-4-3-9-22(25)29-12-14-30(15-13-29)26(32)23-18-21(24-11-6-16-34-24)28-31(23)20-8-5-7-19(27)17-20/h3-11,16-18H,2,12-15H2,1H3. The van der Waals surface area contributed by atoms with Crippen LogP contribution in [0.25, 0.3) is 17.1 Å². The molecule has 1 amide bonds. The smallest absolute Gasteiger partial charge is 0.272 e. The van der Waals surface area contributed by atoms with Crippen LogP contribution in [-0.4, -0.2) is 53.4 Å². The van der Waals surface area contributed by atoms with Crippen molar-refractivity contribution in [1.29, 1.82) is 0 Å². The molecule has 0 spiro atoms. The zero-order valence-corrected chi connectivity index (χ0v) is 19.6. The maximum absolute atomic E-state index is 13.6. The second-order valence-electron chi connectivity index (χ2n) is 7.96. The molecule has 0 aliphatic carbocycles. The Morgan fingerprint density at radius 1 is 1.03 bits per heavy atom. The molecule has 1 saturated heterocycles. The van der Waals surface area contributed by atoms with Crippen LogP contribution in [0.1, 0.15) is 17.4 Å². The summed E-state index contributed by atoms with van der Waals surface area (Å²) >= 11 is 6.22. The number of anilines is 1. The minimum absolute atomic E-state index is 0.0805. The number of halogens is 1. The lowest BCUT2D eigenvalue weighted by molar-refractivity contribution is 0.0737. The van der Waals surface area contributed by atoms with Crippen molar-refractivity contribution in [2.24, 2.45) is 0 Å². The highest BCUT2D eigenvalue weighted by Gasteiger charge is 2.27. The molecule has 7 nitrogen and oxygen atoms in total. The number of furan rings is 1. The van der Waals surface area contributed by atoms with Gasteiger partial charge in [-0.25, -0.2) is 4.68 Å². The second-order valence-corrected chi connectivity index (χ2v) is 8.40. The molecule has 1 fully saturated rings. The summed E-state index contributed by atoms with van der Waals surface area (Å²) in [5, 5.41) is 5.24. The van der Waals surface area contributed by atoms with Gasteiger partial charge in [0.2, 0.25) is 0 Å². The van der Waals surface area contributed by atoms with E-state index in [1.165, 1.54) is 0 Å². The van der Waals surface area contributed by atoms with Crippen LogP contribution in [0.3, 0.4) is 0 Å². The third-order valence-corrected chi connectivity index (χ3v) is 6.06. The topological polar surface area (TPSA) is 63.7 Å². The Morgan fingerprint density at radius 3 is 2.59 bits per heavy atom. The van der Waals surface area contributed by atoms with Crippen molar-refractivity contribution in [3.63, 3.8) is 0 Å². The Hall–Kier alpha value is -3.71. The van der Waals surface area contributed by atoms with E-state index in [4.69, 9.17) is 20.8 Å². The minimum atomic E-state index is -0.0805. The number of amides is 1. The number of benzene rings is 2. The van der Waals surface area contributed by atoms with Gasteiger partial charge in [-0.15, -0.1) is 0 Å². The van der Waals surface area contributed by atoms with Gasteiger partial charge >= 0.3 is 0 Å². The van der Waals surface area contributed by atoms with E-state index in [0.29, 0.717) is 55.0 Å². The van der Waals surface area contributed by atoms with Crippen LogP contribution in [0.4, 0.5) is 5.69 Å². The molecule has 0 radical (unpaired) electrons. The van der Waals surface area contributed by atoms with Crippen molar-refractivity contribution in [2.75, 3.05) is 37.7 Å². The Bertz CT molecular complexity index is 1280. The Labute approximate surface area is 203 Å². The van der Waals surface area contributed by atoms with Crippen LogP contribution in [-0.2, 0) is 0 Å². The summed E-state index contributed by atoms with van der Waals surface area (Å²) in [6, 6.07) is 20.7. The predicted octanol–water partition coefficient (Wildman–Crippen LogP) is 5.15. The van der Waals surface area contributed by atoms with Gasteiger partial charge in [0.1, 0.15) is 17.1 Å². The van der Waals surface area contributed by atoms with Gasteiger partial charge in [0.15, 0.2) is 5.76 Å². The van der Waals surface area contributed by atoms with Crippen LogP contribution >= 0.6 is 11.6 Å². The third-order valence-electron chi connectivity index (χ3n) is 5.83. The summed E-state index contributed by atoms with van der Waals surface area (Å²) in [5.74, 6) is 1.39. The molecule has 1 aliphatic rings. The number of hydrogen-bond acceptors (Lipinski definition) is 5. The van der Waals surface area contributed by atoms with Crippen molar-refractivity contribution in [3.8, 4) is 22.9 Å². The molecule has 0 atom stereocenters. The molecule has 5 rings (SSSR count). The summed E-state index contributed by atoms with van der Waals surface area (Å²) in [4.78, 5) is 17.8. The number of nitrogens with zero attached hydrogens (tertiary/aromatic N) is 4. The summed E-state index contributed by atoms with van der Waals surface area (Å²) in [5.41, 5.74) is 2.84. The quantitative estimate of drug-likeness (QED) is 0.385. The molecule has 0 unspecified atom stereocenters. The summed E-state index contributed by atoms with van der Waals surface area (Å²) in [7, 11) is 0. The first kappa shape index (κ1) is 22.1. The molecule has 174 valence electrons. The van der Waals surface area contributed by atoms with Crippen LogP contribution < -0.4 is 9.64 Å². The molecule has 2 aromatic heterocycles. The molecular weight excluding hydrogens is 452 g/mol. The summed E-state index contributed by atoms with van der Waals surface area (Å²) in [6.07, 6.45) is 1.59. The van der Waals surface area contributed by atoms with Gasteiger partial charge in [0, 0.05) is 37.3 Å². The Morgan fingerprint density at radius 2 is 1.85 bits per heavy atom. The van der Waals surface area contributed by atoms with Gasteiger partial charge < -0.3 is 19.0 Å². The maximum Gasteiger partial charge on any atom is 0.272 e. The fourth-order valence-corrected chi connectivity index (χ4v) is 4.38. The molecule has 3 heterocycles. The van der Waals surface area contributed by atoms with Gasteiger partial charge in [-0.05, 0) is 49.4 Å². The van der Waals surface area contributed by atoms with Gasteiger partial charge in [-0.3, -0.25) is 4.79 Å². The Kier molecular flexibility index (Phi) is 6.27. The number of piperazine rings is 1. The lowest BCUT2D eigenvalue weighted by Crippen LogP contribution is -2.49. The van der Waals surface area contributed by atoms with Crippen molar-refractivity contribution >= 4 is 23.2 Å². The monoisotopic (exact) mass is 476 g/mol. The number of rotatable bonds is 6. The molecule has 2 aromatic carbocycles. The van der Waals surface area contributed by atoms with E-state index in [1.54, 1.807) is 35.2 Å². The van der Waals surface area contributed by atoms with E-state index < -0.39 is 0 Å². The lowest BCUT2D eigenvalue weighted by Gasteiger charge is -2.36. The first-order valence-electron chi connectivity index (χ1n) is 11.3. The van der Waals surface area contributed by atoms with E-state index in [-0.39, 0.29) is 5.91 Å². The largest absolute Gasteiger partial charge is 0.492 e. The maximum atomic E-state index is 13.6. The highest BCUT2D eigenvalue weighted by Crippen LogP contribution is 2.30. The van der Waals surface area contributed by atoms with Crippen LogP contribution in [0.5, 0.6) is 5.75 Å². The zero-order valence-electron chi connectivity index (χ0n) is 18.9. The van der Waals surface area contributed by atoms with E-state index >= 15 is 0 Å². The highest BCUT2D eigenvalue weighted by atomic mass is 35.5. The minimum Gasteiger partial charge on any atom is -0.492 e. The molecular formula is C26H25ClN4O3. The number of carbonyl (C=O) groups is 1.